The second-order valence-electron chi connectivity index (χ2n) is 4.55. The van der Waals surface area contributed by atoms with E-state index in [1.54, 1.807) is 23.7 Å². The molecule has 0 unspecified atom stereocenters. The highest BCUT2D eigenvalue weighted by Crippen LogP contribution is 2.14. The van der Waals surface area contributed by atoms with Crippen LogP contribution in [0.25, 0.3) is 5.13 Å². The third-order valence-electron chi connectivity index (χ3n) is 3.15. The number of hydrogen-bond acceptors (Lipinski definition) is 4. The number of rotatable bonds is 5. The van der Waals surface area contributed by atoms with E-state index in [-0.39, 0.29) is 0 Å². The molecular weight excluding hydrogens is 282 g/mol. The minimum absolute atomic E-state index is 0.473. The predicted molar refractivity (Wildman–Crippen MR) is 85.0 cm³/mol. The lowest BCUT2D eigenvalue weighted by Gasteiger charge is -2.04. The van der Waals surface area contributed by atoms with Gasteiger partial charge in [-0.3, -0.25) is 4.57 Å². The molecule has 106 valence electrons. The van der Waals surface area contributed by atoms with Crippen LogP contribution < -0.4 is 0 Å². The van der Waals surface area contributed by atoms with Crippen LogP contribution in [0.3, 0.4) is 0 Å². The molecule has 3 aromatic rings. The largest absolute Gasteiger partial charge is 0.391 e. The van der Waals surface area contributed by atoms with E-state index in [2.05, 4.69) is 23.1 Å². The number of nitrogens with zero attached hydrogens (tertiary/aromatic N) is 3. The predicted octanol–water partition coefficient (Wildman–Crippen LogP) is 3.79. The number of aromatic nitrogens is 2. The molecule has 2 aromatic heterocycles. The van der Waals surface area contributed by atoms with Gasteiger partial charge in [-0.2, -0.15) is 0 Å². The highest BCUT2D eigenvalue weighted by Gasteiger charge is 2.03. The SMILES string of the molecule is Cc1ccccc1CON=Cc1cccn1-c1nccs1. The molecule has 0 aliphatic heterocycles. The van der Waals surface area contributed by atoms with Crippen LogP contribution in [0.5, 0.6) is 0 Å². The van der Waals surface area contributed by atoms with E-state index in [1.807, 2.05) is 46.5 Å². The van der Waals surface area contributed by atoms with Gasteiger partial charge >= 0.3 is 0 Å². The maximum atomic E-state index is 5.39. The van der Waals surface area contributed by atoms with Crippen molar-refractivity contribution < 1.29 is 4.84 Å². The van der Waals surface area contributed by atoms with Crippen molar-refractivity contribution >= 4 is 17.6 Å². The van der Waals surface area contributed by atoms with Gasteiger partial charge in [0.2, 0.25) is 0 Å². The molecular formula is C16H15N3OS. The van der Waals surface area contributed by atoms with Crippen LogP contribution in [0.15, 0.2) is 59.3 Å². The Morgan fingerprint density at radius 2 is 2.19 bits per heavy atom. The highest BCUT2D eigenvalue weighted by atomic mass is 32.1. The lowest BCUT2D eigenvalue weighted by Crippen LogP contribution is -1.97. The zero-order chi connectivity index (χ0) is 14.5. The van der Waals surface area contributed by atoms with Crippen molar-refractivity contribution in [3.05, 3.63) is 71.0 Å². The molecule has 0 saturated heterocycles. The molecule has 5 heteroatoms. The van der Waals surface area contributed by atoms with Crippen molar-refractivity contribution in [2.45, 2.75) is 13.5 Å². The number of hydrogen-bond donors (Lipinski definition) is 0. The second-order valence-corrected chi connectivity index (χ2v) is 5.43. The normalized spacial score (nSPS) is 11.1. The molecule has 0 fully saturated rings. The number of aryl methyl sites for hydroxylation is 1. The third-order valence-corrected chi connectivity index (χ3v) is 3.92. The van der Waals surface area contributed by atoms with E-state index >= 15 is 0 Å². The first-order valence-electron chi connectivity index (χ1n) is 6.61. The number of benzene rings is 1. The van der Waals surface area contributed by atoms with Crippen molar-refractivity contribution in [3.8, 4) is 5.13 Å². The molecule has 4 nitrogen and oxygen atoms in total. The molecule has 0 spiro atoms. The van der Waals surface area contributed by atoms with Crippen molar-refractivity contribution in [2.24, 2.45) is 5.16 Å². The maximum absolute atomic E-state index is 5.39. The summed E-state index contributed by atoms with van der Waals surface area (Å²) in [4.78, 5) is 9.67. The van der Waals surface area contributed by atoms with Gasteiger partial charge in [0.15, 0.2) is 5.13 Å². The summed E-state index contributed by atoms with van der Waals surface area (Å²) in [5, 5.41) is 6.92. The average molecular weight is 297 g/mol. The molecule has 0 bridgehead atoms. The summed E-state index contributed by atoms with van der Waals surface area (Å²) >= 11 is 1.58. The van der Waals surface area contributed by atoms with Crippen LogP contribution in [0, 0.1) is 6.92 Å². The van der Waals surface area contributed by atoms with E-state index in [4.69, 9.17) is 4.84 Å². The second kappa shape index (κ2) is 6.37. The Kier molecular flexibility index (Phi) is 4.12. The smallest absolute Gasteiger partial charge is 0.193 e. The lowest BCUT2D eigenvalue weighted by atomic mass is 10.1. The summed E-state index contributed by atoms with van der Waals surface area (Å²) in [5.74, 6) is 0. The van der Waals surface area contributed by atoms with Crippen molar-refractivity contribution in [1.29, 1.82) is 0 Å². The van der Waals surface area contributed by atoms with Gasteiger partial charge in [-0.05, 0) is 30.2 Å². The average Bonchev–Trinajstić information content (AvgIpc) is 3.16. The molecule has 0 radical (unpaired) electrons. The first-order chi connectivity index (χ1) is 10.3. The fourth-order valence-electron chi connectivity index (χ4n) is 1.98. The molecule has 0 aliphatic carbocycles. The molecule has 0 N–H and O–H groups in total. The first-order valence-corrected chi connectivity index (χ1v) is 7.49. The molecule has 2 heterocycles. The summed E-state index contributed by atoms with van der Waals surface area (Å²) in [6.45, 7) is 2.54. The standard InChI is InChI=1S/C16H15N3OS/c1-13-5-2-3-6-14(13)12-20-18-11-15-7-4-9-19(15)16-17-8-10-21-16/h2-11H,12H2,1H3. The van der Waals surface area contributed by atoms with E-state index in [9.17, 15) is 0 Å². The lowest BCUT2D eigenvalue weighted by molar-refractivity contribution is 0.131. The molecule has 0 amide bonds. The highest BCUT2D eigenvalue weighted by molar-refractivity contribution is 7.12. The van der Waals surface area contributed by atoms with E-state index in [0.717, 1.165) is 16.4 Å². The minimum Gasteiger partial charge on any atom is -0.391 e. The van der Waals surface area contributed by atoms with E-state index in [1.165, 1.54) is 5.56 Å². The van der Waals surface area contributed by atoms with Crippen molar-refractivity contribution in [2.75, 3.05) is 0 Å². The Labute approximate surface area is 127 Å². The van der Waals surface area contributed by atoms with Gasteiger partial charge < -0.3 is 4.84 Å². The minimum atomic E-state index is 0.473. The van der Waals surface area contributed by atoms with Crippen LogP contribution in [0.4, 0.5) is 0 Å². The van der Waals surface area contributed by atoms with Gasteiger partial charge in [0.1, 0.15) is 6.61 Å². The Balaban J connectivity index is 1.65. The Morgan fingerprint density at radius 1 is 1.29 bits per heavy atom. The van der Waals surface area contributed by atoms with Crippen LogP contribution in [-0.2, 0) is 11.4 Å². The molecule has 3 rings (SSSR count). The zero-order valence-corrected chi connectivity index (χ0v) is 12.5. The summed E-state index contributed by atoms with van der Waals surface area (Å²) in [7, 11) is 0. The molecule has 1 aromatic carbocycles. The van der Waals surface area contributed by atoms with Gasteiger partial charge in [-0.1, -0.05) is 29.4 Å². The summed E-state index contributed by atoms with van der Waals surface area (Å²) in [5.41, 5.74) is 3.29. The summed E-state index contributed by atoms with van der Waals surface area (Å²) < 4.78 is 1.98. The number of thiazole rings is 1. The van der Waals surface area contributed by atoms with Crippen LogP contribution in [0.2, 0.25) is 0 Å². The van der Waals surface area contributed by atoms with Crippen LogP contribution >= 0.6 is 11.3 Å². The van der Waals surface area contributed by atoms with Crippen molar-refractivity contribution in [1.82, 2.24) is 9.55 Å². The monoisotopic (exact) mass is 297 g/mol. The topological polar surface area (TPSA) is 39.4 Å². The molecule has 0 aliphatic rings. The Morgan fingerprint density at radius 3 is 3.00 bits per heavy atom. The van der Waals surface area contributed by atoms with Gasteiger partial charge in [0.25, 0.3) is 0 Å². The molecule has 21 heavy (non-hydrogen) atoms. The molecule has 0 atom stereocenters. The van der Waals surface area contributed by atoms with Crippen molar-refractivity contribution in [3.63, 3.8) is 0 Å². The van der Waals surface area contributed by atoms with E-state index < -0.39 is 0 Å². The quantitative estimate of drug-likeness (QED) is 0.531. The maximum Gasteiger partial charge on any atom is 0.193 e. The van der Waals surface area contributed by atoms with Gasteiger partial charge in [-0.15, -0.1) is 11.3 Å². The third kappa shape index (κ3) is 3.20. The zero-order valence-electron chi connectivity index (χ0n) is 11.6. The fraction of sp³-hybridized carbons (Fsp3) is 0.125. The summed E-state index contributed by atoms with van der Waals surface area (Å²) in [6, 6.07) is 12.1. The summed E-state index contributed by atoms with van der Waals surface area (Å²) in [6.07, 6.45) is 5.46. The van der Waals surface area contributed by atoms with E-state index in [0.29, 0.717) is 6.61 Å². The van der Waals surface area contributed by atoms with Gasteiger partial charge in [0, 0.05) is 17.8 Å². The number of oxime groups is 1. The van der Waals surface area contributed by atoms with Crippen LogP contribution in [0.1, 0.15) is 16.8 Å². The van der Waals surface area contributed by atoms with Crippen LogP contribution in [-0.4, -0.2) is 15.8 Å². The Hall–Kier alpha value is -2.40. The molecule has 0 saturated carbocycles. The first kappa shape index (κ1) is 13.6. The van der Waals surface area contributed by atoms with Gasteiger partial charge in [-0.25, -0.2) is 4.98 Å². The Bertz CT molecular complexity index is 732. The fourth-order valence-corrected chi connectivity index (χ4v) is 2.62. The van der Waals surface area contributed by atoms with Gasteiger partial charge in [0.05, 0.1) is 11.9 Å².